The Morgan fingerprint density at radius 2 is 2.36 bits per heavy atom. The molecule has 11 heavy (non-hydrogen) atoms. The van der Waals surface area contributed by atoms with E-state index in [0.29, 0.717) is 13.0 Å². The van der Waals surface area contributed by atoms with Crippen LogP contribution in [0.25, 0.3) is 0 Å². The third-order valence-corrected chi connectivity index (χ3v) is 1.70. The SMILES string of the molecule is NC1CCN(CC(F)F)C1=O. The molecule has 3 nitrogen and oxygen atoms in total. The lowest BCUT2D eigenvalue weighted by molar-refractivity contribution is -0.130. The quantitative estimate of drug-likeness (QED) is 0.615. The average molecular weight is 164 g/mol. The van der Waals surface area contributed by atoms with Crippen LogP contribution in [0.2, 0.25) is 0 Å². The Labute approximate surface area is 63.2 Å². The Morgan fingerprint density at radius 1 is 1.73 bits per heavy atom. The van der Waals surface area contributed by atoms with Crippen molar-refractivity contribution in [3.63, 3.8) is 0 Å². The third kappa shape index (κ3) is 1.86. The topological polar surface area (TPSA) is 46.3 Å². The van der Waals surface area contributed by atoms with E-state index in [9.17, 15) is 13.6 Å². The molecule has 1 heterocycles. The first-order chi connectivity index (χ1) is 5.11. The summed E-state index contributed by atoms with van der Waals surface area (Å²) in [6, 6.07) is -0.561. The van der Waals surface area contributed by atoms with Crippen molar-refractivity contribution < 1.29 is 13.6 Å². The minimum Gasteiger partial charge on any atom is -0.336 e. The predicted octanol–water partition coefficient (Wildman–Crippen LogP) is -0.189. The van der Waals surface area contributed by atoms with Gasteiger partial charge in [0.1, 0.15) is 0 Å². The van der Waals surface area contributed by atoms with Gasteiger partial charge in [0, 0.05) is 6.54 Å². The highest BCUT2D eigenvalue weighted by Crippen LogP contribution is 2.10. The Morgan fingerprint density at radius 3 is 2.73 bits per heavy atom. The first kappa shape index (κ1) is 8.39. The summed E-state index contributed by atoms with van der Waals surface area (Å²) in [6.45, 7) is -0.114. The van der Waals surface area contributed by atoms with Crippen molar-refractivity contribution in [1.29, 1.82) is 0 Å². The van der Waals surface area contributed by atoms with E-state index in [2.05, 4.69) is 0 Å². The number of hydrogen-bond acceptors (Lipinski definition) is 2. The second-order valence-electron chi connectivity index (χ2n) is 2.57. The molecule has 0 aliphatic carbocycles. The molecule has 5 heteroatoms. The minimum absolute atomic E-state index is 0.356. The molecule has 0 radical (unpaired) electrons. The van der Waals surface area contributed by atoms with Gasteiger partial charge in [0.25, 0.3) is 6.43 Å². The molecule has 1 aliphatic rings. The van der Waals surface area contributed by atoms with Gasteiger partial charge in [0.2, 0.25) is 5.91 Å². The van der Waals surface area contributed by atoms with Crippen molar-refractivity contribution in [3.05, 3.63) is 0 Å². The fourth-order valence-electron chi connectivity index (χ4n) is 1.11. The number of alkyl halides is 2. The summed E-state index contributed by atoms with van der Waals surface area (Å²) in [5, 5.41) is 0. The maximum atomic E-state index is 11.8. The van der Waals surface area contributed by atoms with Crippen LogP contribution in [0.4, 0.5) is 8.78 Å². The molecule has 0 saturated carbocycles. The number of carbonyl (C=O) groups is 1. The van der Waals surface area contributed by atoms with Crippen molar-refractivity contribution >= 4 is 5.91 Å². The van der Waals surface area contributed by atoms with Gasteiger partial charge in [-0.3, -0.25) is 4.79 Å². The van der Waals surface area contributed by atoms with E-state index in [1.165, 1.54) is 0 Å². The van der Waals surface area contributed by atoms with E-state index in [0.717, 1.165) is 4.90 Å². The predicted molar refractivity (Wildman–Crippen MR) is 35.2 cm³/mol. The van der Waals surface area contributed by atoms with Crippen molar-refractivity contribution in [1.82, 2.24) is 4.90 Å². The van der Waals surface area contributed by atoms with E-state index in [4.69, 9.17) is 5.73 Å². The van der Waals surface area contributed by atoms with Gasteiger partial charge in [-0.05, 0) is 6.42 Å². The van der Waals surface area contributed by atoms with Gasteiger partial charge in [-0.15, -0.1) is 0 Å². The van der Waals surface area contributed by atoms with Crippen LogP contribution in [0.5, 0.6) is 0 Å². The van der Waals surface area contributed by atoms with Crippen LogP contribution in [0, 0.1) is 0 Å². The van der Waals surface area contributed by atoms with Crippen LogP contribution in [0.3, 0.4) is 0 Å². The summed E-state index contributed by atoms with van der Waals surface area (Å²) in [7, 11) is 0. The van der Waals surface area contributed by atoms with E-state index in [-0.39, 0.29) is 5.91 Å². The van der Waals surface area contributed by atoms with Crippen molar-refractivity contribution in [2.75, 3.05) is 13.1 Å². The van der Waals surface area contributed by atoms with E-state index >= 15 is 0 Å². The van der Waals surface area contributed by atoms with Gasteiger partial charge >= 0.3 is 0 Å². The summed E-state index contributed by atoms with van der Waals surface area (Å²) in [5.74, 6) is -0.356. The van der Waals surface area contributed by atoms with Gasteiger partial charge in [0.15, 0.2) is 0 Å². The lowest BCUT2D eigenvalue weighted by Crippen LogP contribution is -2.36. The zero-order valence-corrected chi connectivity index (χ0v) is 5.96. The molecular weight excluding hydrogens is 154 g/mol. The van der Waals surface area contributed by atoms with Gasteiger partial charge in [-0.2, -0.15) is 0 Å². The second-order valence-corrected chi connectivity index (χ2v) is 2.57. The Hall–Kier alpha value is -0.710. The number of carbonyl (C=O) groups excluding carboxylic acids is 1. The molecule has 0 aromatic heterocycles. The first-order valence-corrected chi connectivity index (χ1v) is 3.44. The fourth-order valence-corrected chi connectivity index (χ4v) is 1.11. The van der Waals surface area contributed by atoms with Crippen LogP contribution in [0.15, 0.2) is 0 Å². The number of halogens is 2. The number of rotatable bonds is 2. The molecule has 1 saturated heterocycles. The monoisotopic (exact) mass is 164 g/mol. The van der Waals surface area contributed by atoms with Gasteiger partial charge in [0.05, 0.1) is 12.6 Å². The molecule has 0 aromatic rings. The highest BCUT2D eigenvalue weighted by atomic mass is 19.3. The average Bonchev–Trinajstić information content (AvgIpc) is 2.18. The molecule has 2 N–H and O–H groups in total. The van der Waals surface area contributed by atoms with Crippen molar-refractivity contribution in [2.24, 2.45) is 5.73 Å². The summed E-state index contributed by atoms with van der Waals surface area (Å²) in [6.07, 6.45) is -1.96. The maximum absolute atomic E-state index is 11.8. The van der Waals surface area contributed by atoms with Crippen molar-refractivity contribution in [3.8, 4) is 0 Å². The Bertz CT molecular complexity index is 163. The summed E-state index contributed by atoms with van der Waals surface area (Å²) in [4.78, 5) is 12.0. The largest absolute Gasteiger partial charge is 0.336 e. The third-order valence-electron chi connectivity index (χ3n) is 1.70. The molecule has 1 aliphatic heterocycles. The highest BCUT2D eigenvalue weighted by Gasteiger charge is 2.29. The Kier molecular flexibility index (Phi) is 2.38. The van der Waals surface area contributed by atoms with Gasteiger partial charge in [-0.25, -0.2) is 8.78 Å². The zero-order chi connectivity index (χ0) is 8.43. The van der Waals surface area contributed by atoms with Crippen LogP contribution >= 0.6 is 0 Å². The molecule has 1 unspecified atom stereocenters. The van der Waals surface area contributed by atoms with Crippen molar-refractivity contribution in [2.45, 2.75) is 18.9 Å². The van der Waals surface area contributed by atoms with Crippen LogP contribution in [-0.2, 0) is 4.79 Å². The summed E-state index contributed by atoms with van der Waals surface area (Å²) in [5.41, 5.74) is 5.31. The maximum Gasteiger partial charge on any atom is 0.255 e. The Balaban J connectivity index is 2.42. The lowest BCUT2D eigenvalue weighted by atomic mass is 10.3. The highest BCUT2D eigenvalue weighted by molar-refractivity contribution is 5.83. The molecule has 0 bridgehead atoms. The van der Waals surface area contributed by atoms with Crippen LogP contribution in [-0.4, -0.2) is 36.4 Å². The van der Waals surface area contributed by atoms with E-state index < -0.39 is 19.0 Å². The molecule has 1 atom stereocenters. The first-order valence-electron chi connectivity index (χ1n) is 3.44. The number of nitrogens with zero attached hydrogens (tertiary/aromatic N) is 1. The zero-order valence-electron chi connectivity index (χ0n) is 5.96. The second kappa shape index (κ2) is 3.13. The number of amides is 1. The standard InChI is InChI=1S/C6H10F2N2O/c7-5(8)3-10-2-1-4(9)6(10)11/h4-5H,1-3,9H2. The number of hydrogen-bond donors (Lipinski definition) is 1. The molecule has 1 rings (SSSR count). The van der Waals surface area contributed by atoms with Crippen LogP contribution < -0.4 is 5.73 Å². The molecule has 0 aromatic carbocycles. The lowest BCUT2D eigenvalue weighted by Gasteiger charge is -2.14. The minimum atomic E-state index is -2.45. The molecule has 1 fully saturated rings. The van der Waals surface area contributed by atoms with Gasteiger partial charge in [-0.1, -0.05) is 0 Å². The molecule has 1 amide bonds. The van der Waals surface area contributed by atoms with Crippen LogP contribution in [0.1, 0.15) is 6.42 Å². The normalized spacial score (nSPS) is 25.3. The number of nitrogens with two attached hydrogens (primary N) is 1. The van der Waals surface area contributed by atoms with E-state index in [1.54, 1.807) is 0 Å². The number of likely N-dealkylation sites (tertiary alicyclic amines) is 1. The summed E-state index contributed by atoms with van der Waals surface area (Å²) < 4.78 is 23.5. The van der Waals surface area contributed by atoms with E-state index in [1.807, 2.05) is 0 Å². The molecular formula is C6H10F2N2O. The van der Waals surface area contributed by atoms with Gasteiger partial charge < -0.3 is 10.6 Å². The molecule has 0 spiro atoms. The summed E-state index contributed by atoms with van der Waals surface area (Å²) >= 11 is 0. The fraction of sp³-hybridized carbons (Fsp3) is 0.833. The smallest absolute Gasteiger partial charge is 0.255 e. The molecule has 64 valence electrons.